The van der Waals surface area contributed by atoms with Crippen molar-refractivity contribution in [3.63, 3.8) is 0 Å². The highest BCUT2D eigenvalue weighted by Crippen LogP contribution is 2.18. The zero-order valence-corrected chi connectivity index (χ0v) is 15.6. The summed E-state index contributed by atoms with van der Waals surface area (Å²) in [6.45, 7) is 2.95. The quantitative estimate of drug-likeness (QED) is 0.733. The van der Waals surface area contributed by atoms with Crippen molar-refractivity contribution in [2.75, 3.05) is 25.4 Å². The zero-order chi connectivity index (χ0) is 18.2. The van der Waals surface area contributed by atoms with Crippen LogP contribution in [0.25, 0.3) is 0 Å². The molecule has 0 radical (unpaired) electrons. The maximum atomic E-state index is 12.5. The summed E-state index contributed by atoms with van der Waals surface area (Å²) in [7, 11) is 0. The highest BCUT2D eigenvalue weighted by molar-refractivity contribution is 7.99. The molecule has 138 valence electrons. The van der Waals surface area contributed by atoms with Crippen molar-refractivity contribution in [1.82, 2.24) is 15.2 Å². The van der Waals surface area contributed by atoms with Gasteiger partial charge in [0.2, 0.25) is 0 Å². The Morgan fingerprint density at radius 3 is 2.88 bits per heavy atom. The van der Waals surface area contributed by atoms with Crippen LogP contribution in [0.15, 0.2) is 53.7 Å². The van der Waals surface area contributed by atoms with E-state index in [0.717, 1.165) is 37.4 Å². The number of carbonyl (C=O) groups is 1. The number of hydrogen-bond donors (Lipinski definition) is 2. The van der Waals surface area contributed by atoms with Crippen molar-refractivity contribution >= 4 is 17.7 Å². The molecule has 1 fully saturated rings. The molecule has 1 aliphatic rings. The molecule has 0 saturated carbocycles. The van der Waals surface area contributed by atoms with E-state index < -0.39 is 0 Å². The molecule has 1 aromatic heterocycles. The second kappa shape index (κ2) is 9.71. The Labute approximate surface area is 158 Å². The van der Waals surface area contributed by atoms with Crippen LogP contribution in [0.3, 0.4) is 0 Å². The fourth-order valence-corrected chi connectivity index (χ4v) is 3.86. The van der Waals surface area contributed by atoms with Crippen molar-refractivity contribution < 1.29 is 9.90 Å². The van der Waals surface area contributed by atoms with Gasteiger partial charge in [0.1, 0.15) is 0 Å². The Kier molecular flexibility index (Phi) is 7.05. The SMILES string of the molecule is O=C(NC1CCCN(Cc2cccnc2)C1)c1ccc(SCCO)cc1. The number of pyridine rings is 1. The van der Waals surface area contributed by atoms with E-state index in [2.05, 4.69) is 21.3 Å². The smallest absolute Gasteiger partial charge is 0.251 e. The van der Waals surface area contributed by atoms with E-state index in [1.54, 1.807) is 18.0 Å². The van der Waals surface area contributed by atoms with Gasteiger partial charge in [0.05, 0.1) is 6.61 Å². The van der Waals surface area contributed by atoms with Gasteiger partial charge >= 0.3 is 0 Å². The number of hydrogen-bond acceptors (Lipinski definition) is 5. The average molecular weight is 372 g/mol. The van der Waals surface area contributed by atoms with E-state index >= 15 is 0 Å². The fourth-order valence-electron chi connectivity index (χ4n) is 3.20. The zero-order valence-electron chi connectivity index (χ0n) is 14.8. The van der Waals surface area contributed by atoms with Gasteiger partial charge in [-0.15, -0.1) is 11.8 Å². The molecule has 1 aliphatic heterocycles. The third kappa shape index (κ3) is 5.56. The van der Waals surface area contributed by atoms with Gasteiger partial charge < -0.3 is 10.4 Å². The number of carbonyl (C=O) groups excluding carboxylic acids is 1. The molecular formula is C20H25N3O2S. The minimum absolute atomic E-state index is 0.0167. The Morgan fingerprint density at radius 2 is 2.15 bits per heavy atom. The first-order valence-electron chi connectivity index (χ1n) is 9.00. The molecule has 1 amide bonds. The van der Waals surface area contributed by atoms with Crippen molar-refractivity contribution in [1.29, 1.82) is 0 Å². The number of piperidine rings is 1. The summed E-state index contributed by atoms with van der Waals surface area (Å²) < 4.78 is 0. The highest BCUT2D eigenvalue weighted by Gasteiger charge is 2.22. The Balaban J connectivity index is 1.52. The summed E-state index contributed by atoms with van der Waals surface area (Å²) in [5.74, 6) is 0.650. The van der Waals surface area contributed by atoms with Crippen LogP contribution in [0.2, 0.25) is 0 Å². The van der Waals surface area contributed by atoms with Crippen molar-refractivity contribution in [3.05, 3.63) is 59.9 Å². The molecule has 26 heavy (non-hydrogen) atoms. The van der Waals surface area contributed by atoms with E-state index in [9.17, 15) is 4.79 Å². The normalized spacial score (nSPS) is 17.8. The highest BCUT2D eigenvalue weighted by atomic mass is 32.2. The number of likely N-dealkylation sites (tertiary alicyclic amines) is 1. The van der Waals surface area contributed by atoms with Crippen LogP contribution >= 0.6 is 11.8 Å². The lowest BCUT2D eigenvalue weighted by molar-refractivity contribution is 0.0900. The molecule has 6 heteroatoms. The monoisotopic (exact) mass is 371 g/mol. The molecule has 1 aromatic carbocycles. The minimum Gasteiger partial charge on any atom is -0.396 e. The van der Waals surface area contributed by atoms with Crippen LogP contribution in [-0.2, 0) is 6.54 Å². The number of thioether (sulfide) groups is 1. The molecule has 1 unspecified atom stereocenters. The molecule has 1 saturated heterocycles. The topological polar surface area (TPSA) is 65.5 Å². The molecule has 1 atom stereocenters. The predicted molar refractivity (Wildman–Crippen MR) is 104 cm³/mol. The van der Waals surface area contributed by atoms with Crippen LogP contribution in [0.1, 0.15) is 28.8 Å². The number of aliphatic hydroxyl groups excluding tert-OH is 1. The number of amides is 1. The van der Waals surface area contributed by atoms with Gasteiger partial charge in [-0.05, 0) is 55.3 Å². The third-order valence-electron chi connectivity index (χ3n) is 4.45. The maximum absolute atomic E-state index is 12.5. The van der Waals surface area contributed by atoms with Crippen molar-refractivity contribution in [2.45, 2.75) is 30.3 Å². The Hall–Kier alpha value is -1.89. The lowest BCUT2D eigenvalue weighted by atomic mass is 10.0. The Bertz CT molecular complexity index is 694. The summed E-state index contributed by atoms with van der Waals surface area (Å²) in [6.07, 6.45) is 5.79. The van der Waals surface area contributed by atoms with Crippen LogP contribution in [0.4, 0.5) is 0 Å². The summed E-state index contributed by atoms with van der Waals surface area (Å²) in [4.78, 5) is 20.1. The molecule has 0 aliphatic carbocycles. The first kappa shape index (κ1) is 18.9. The third-order valence-corrected chi connectivity index (χ3v) is 5.44. The minimum atomic E-state index is -0.0167. The van der Waals surface area contributed by atoms with Crippen molar-refractivity contribution in [2.24, 2.45) is 0 Å². The molecule has 0 bridgehead atoms. The number of rotatable bonds is 7. The van der Waals surface area contributed by atoms with Gasteiger partial charge in [-0.2, -0.15) is 0 Å². The van der Waals surface area contributed by atoms with Crippen LogP contribution in [-0.4, -0.2) is 52.4 Å². The molecule has 3 rings (SSSR count). The van der Waals surface area contributed by atoms with Gasteiger partial charge in [0.15, 0.2) is 0 Å². The number of nitrogens with zero attached hydrogens (tertiary/aromatic N) is 2. The van der Waals surface area contributed by atoms with E-state index in [0.29, 0.717) is 11.3 Å². The van der Waals surface area contributed by atoms with Gasteiger partial charge in [-0.25, -0.2) is 0 Å². The van der Waals surface area contributed by atoms with Gasteiger partial charge in [0.25, 0.3) is 5.91 Å². The Morgan fingerprint density at radius 1 is 1.31 bits per heavy atom. The van der Waals surface area contributed by atoms with E-state index in [1.165, 1.54) is 5.56 Å². The van der Waals surface area contributed by atoms with Crippen LogP contribution in [0, 0.1) is 0 Å². The summed E-state index contributed by atoms with van der Waals surface area (Å²) in [6, 6.07) is 11.8. The lowest BCUT2D eigenvalue weighted by Gasteiger charge is -2.33. The summed E-state index contributed by atoms with van der Waals surface area (Å²) >= 11 is 1.58. The molecule has 2 N–H and O–H groups in total. The van der Waals surface area contributed by atoms with E-state index in [1.807, 2.05) is 36.5 Å². The molecular weight excluding hydrogens is 346 g/mol. The van der Waals surface area contributed by atoms with Crippen LogP contribution < -0.4 is 5.32 Å². The second-order valence-corrected chi connectivity index (χ2v) is 7.67. The number of aliphatic hydroxyl groups is 1. The van der Waals surface area contributed by atoms with E-state index in [4.69, 9.17) is 5.11 Å². The lowest BCUT2D eigenvalue weighted by Crippen LogP contribution is -2.47. The number of nitrogens with one attached hydrogen (secondary N) is 1. The first-order valence-corrected chi connectivity index (χ1v) is 9.99. The molecule has 2 heterocycles. The number of aromatic nitrogens is 1. The van der Waals surface area contributed by atoms with Crippen LogP contribution in [0.5, 0.6) is 0 Å². The predicted octanol–water partition coefficient (Wildman–Crippen LogP) is 2.56. The second-order valence-electron chi connectivity index (χ2n) is 6.51. The average Bonchev–Trinajstić information content (AvgIpc) is 2.68. The summed E-state index contributed by atoms with van der Waals surface area (Å²) in [5.41, 5.74) is 1.89. The maximum Gasteiger partial charge on any atom is 0.251 e. The van der Waals surface area contributed by atoms with Crippen molar-refractivity contribution in [3.8, 4) is 0 Å². The number of benzene rings is 1. The molecule has 5 nitrogen and oxygen atoms in total. The largest absolute Gasteiger partial charge is 0.396 e. The first-order chi connectivity index (χ1) is 12.7. The summed E-state index contributed by atoms with van der Waals surface area (Å²) in [5, 5.41) is 12.0. The fraction of sp³-hybridized carbons (Fsp3) is 0.400. The molecule has 2 aromatic rings. The standard InChI is InChI=1S/C20H25N3O2S/c24-11-12-26-19-7-5-17(6-8-19)20(25)22-18-4-2-10-23(15-18)14-16-3-1-9-21-13-16/h1,3,5-9,13,18,24H,2,4,10-12,14-15H2,(H,22,25). The van der Waals surface area contributed by atoms with E-state index in [-0.39, 0.29) is 18.6 Å². The molecule has 0 spiro atoms. The van der Waals surface area contributed by atoms with Gasteiger partial charge in [0, 0.05) is 47.7 Å². The van der Waals surface area contributed by atoms with Gasteiger partial charge in [-0.3, -0.25) is 14.7 Å². The van der Waals surface area contributed by atoms with Gasteiger partial charge in [-0.1, -0.05) is 6.07 Å².